The van der Waals surface area contributed by atoms with E-state index < -0.39 is 0 Å². The van der Waals surface area contributed by atoms with Gasteiger partial charge in [0.2, 0.25) is 0 Å². The van der Waals surface area contributed by atoms with Crippen LogP contribution in [0.2, 0.25) is 0 Å². The number of methoxy groups -OCH3 is 1. The summed E-state index contributed by atoms with van der Waals surface area (Å²) in [6, 6.07) is 16.6. The SMILES string of the molecule is COc1ccc(N2CCCN(CCOc3cccc(C)c3)CC2)cc1. The van der Waals surface area contributed by atoms with Crippen LogP contribution in [0.3, 0.4) is 0 Å². The molecule has 1 aliphatic rings. The molecule has 0 unspecified atom stereocenters. The zero-order valence-corrected chi connectivity index (χ0v) is 15.3. The van der Waals surface area contributed by atoms with Crippen molar-refractivity contribution in [2.24, 2.45) is 0 Å². The molecule has 1 saturated heterocycles. The molecule has 1 aliphatic heterocycles. The van der Waals surface area contributed by atoms with Crippen LogP contribution in [0.1, 0.15) is 12.0 Å². The number of aryl methyl sites for hydroxylation is 1. The van der Waals surface area contributed by atoms with Gasteiger partial charge in [-0.3, -0.25) is 4.90 Å². The van der Waals surface area contributed by atoms with Crippen LogP contribution in [0.4, 0.5) is 5.69 Å². The number of hydrogen-bond donors (Lipinski definition) is 0. The maximum atomic E-state index is 5.90. The predicted octanol–water partition coefficient (Wildman–Crippen LogP) is 3.59. The molecule has 0 amide bonds. The van der Waals surface area contributed by atoms with Gasteiger partial charge in [0.1, 0.15) is 18.1 Å². The molecule has 3 rings (SSSR count). The number of benzene rings is 2. The Kier molecular flexibility index (Phi) is 6.18. The molecule has 4 nitrogen and oxygen atoms in total. The zero-order valence-electron chi connectivity index (χ0n) is 15.3. The summed E-state index contributed by atoms with van der Waals surface area (Å²) in [6.07, 6.45) is 1.18. The number of nitrogens with zero attached hydrogens (tertiary/aromatic N) is 2. The Bertz CT molecular complexity index is 657. The lowest BCUT2D eigenvalue weighted by molar-refractivity contribution is 0.218. The lowest BCUT2D eigenvalue weighted by Gasteiger charge is -2.24. The molecule has 134 valence electrons. The Hall–Kier alpha value is -2.20. The van der Waals surface area contributed by atoms with Crippen LogP contribution in [0.15, 0.2) is 48.5 Å². The Morgan fingerprint density at radius 1 is 0.920 bits per heavy atom. The summed E-state index contributed by atoms with van der Waals surface area (Å²) in [7, 11) is 1.71. The van der Waals surface area contributed by atoms with E-state index in [1.807, 2.05) is 24.3 Å². The molecule has 0 aromatic heterocycles. The van der Waals surface area contributed by atoms with Crippen molar-refractivity contribution in [2.75, 3.05) is 51.3 Å². The Balaban J connectivity index is 1.46. The van der Waals surface area contributed by atoms with Crippen molar-refractivity contribution in [3.05, 3.63) is 54.1 Å². The standard InChI is InChI=1S/C21H28N2O2/c1-18-5-3-6-21(17-18)25-16-15-22-11-4-12-23(14-13-22)19-7-9-20(24-2)10-8-19/h3,5-10,17H,4,11-16H2,1-2H3. The number of rotatable bonds is 6. The second-order valence-corrected chi connectivity index (χ2v) is 6.55. The fourth-order valence-electron chi connectivity index (χ4n) is 3.24. The highest BCUT2D eigenvalue weighted by atomic mass is 16.5. The van der Waals surface area contributed by atoms with Crippen LogP contribution in [0.5, 0.6) is 11.5 Å². The Morgan fingerprint density at radius 3 is 2.52 bits per heavy atom. The van der Waals surface area contributed by atoms with Crippen LogP contribution in [0.25, 0.3) is 0 Å². The first-order valence-corrected chi connectivity index (χ1v) is 9.05. The average molecular weight is 340 g/mol. The molecule has 4 heteroatoms. The summed E-state index contributed by atoms with van der Waals surface area (Å²) in [5.74, 6) is 1.88. The van der Waals surface area contributed by atoms with Gasteiger partial charge in [0, 0.05) is 38.4 Å². The van der Waals surface area contributed by atoms with E-state index in [9.17, 15) is 0 Å². The highest BCUT2D eigenvalue weighted by Gasteiger charge is 2.15. The van der Waals surface area contributed by atoms with Gasteiger partial charge in [0.05, 0.1) is 7.11 Å². The van der Waals surface area contributed by atoms with Gasteiger partial charge in [0.25, 0.3) is 0 Å². The zero-order chi connectivity index (χ0) is 17.5. The second kappa shape index (κ2) is 8.77. The van der Waals surface area contributed by atoms with Crippen LogP contribution in [0, 0.1) is 6.92 Å². The van der Waals surface area contributed by atoms with Crippen molar-refractivity contribution < 1.29 is 9.47 Å². The van der Waals surface area contributed by atoms with E-state index in [2.05, 4.69) is 41.0 Å². The molecule has 1 heterocycles. The molecule has 2 aromatic carbocycles. The molecule has 0 saturated carbocycles. The third-order valence-corrected chi connectivity index (χ3v) is 4.69. The minimum absolute atomic E-state index is 0.742. The average Bonchev–Trinajstić information content (AvgIpc) is 2.88. The fraction of sp³-hybridized carbons (Fsp3) is 0.429. The lowest BCUT2D eigenvalue weighted by atomic mass is 10.2. The van der Waals surface area contributed by atoms with Crippen LogP contribution < -0.4 is 14.4 Å². The summed E-state index contributed by atoms with van der Waals surface area (Å²) >= 11 is 0. The molecule has 2 aromatic rings. The molecule has 0 atom stereocenters. The predicted molar refractivity (Wildman–Crippen MR) is 103 cm³/mol. The highest BCUT2D eigenvalue weighted by molar-refractivity contribution is 5.49. The van der Waals surface area contributed by atoms with Crippen molar-refractivity contribution in [2.45, 2.75) is 13.3 Å². The van der Waals surface area contributed by atoms with Gasteiger partial charge < -0.3 is 14.4 Å². The Labute approximate surface area is 151 Å². The van der Waals surface area contributed by atoms with Gasteiger partial charge in [-0.25, -0.2) is 0 Å². The minimum atomic E-state index is 0.742. The molecular weight excluding hydrogens is 312 g/mol. The first kappa shape index (κ1) is 17.6. The molecule has 1 fully saturated rings. The van der Waals surface area contributed by atoms with Crippen molar-refractivity contribution in [1.29, 1.82) is 0 Å². The van der Waals surface area contributed by atoms with Gasteiger partial charge in [-0.2, -0.15) is 0 Å². The molecule has 0 bridgehead atoms. The minimum Gasteiger partial charge on any atom is -0.497 e. The van der Waals surface area contributed by atoms with E-state index in [0.29, 0.717) is 0 Å². The van der Waals surface area contributed by atoms with Gasteiger partial charge in [-0.05, 0) is 55.3 Å². The van der Waals surface area contributed by atoms with Gasteiger partial charge in [-0.1, -0.05) is 12.1 Å². The quantitative estimate of drug-likeness (QED) is 0.802. The summed E-state index contributed by atoms with van der Waals surface area (Å²) in [5.41, 5.74) is 2.51. The maximum absolute atomic E-state index is 5.90. The monoisotopic (exact) mass is 340 g/mol. The Morgan fingerprint density at radius 2 is 1.76 bits per heavy atom. The van der Waals surface area contributed by atoms with Crippen LogP contribution in [-0.2, 0) is 0 Å². The van der Waals surface area contributed by atoms with Gasteiger partial charge >= 0.3 is 0 Å². The number of anilines is 1. The molecule has 25 heavy (non-hydrogen) atoms. The first-order valence-electron chi connectivity index (χ1n) is 9.05. The molecule has 0 spiro atoms. The van der Waals surface area contributed by atoms with E-state index >= 15 is 0 Å². The van der Waals surface area contributed by atoms with E-state index in [1.165, 1.54) is 17.7 Å². The lowest BCUT2D eigenvalue weighted by Crippen LogP contribution is -2.33. The maximum Gasteiger partial charge on any atom is 0.119 e. The van der Waals surface area contributed by atoms with Crippen LogP contribution >= 0.6 is 0 Å². The summed E-state index contributed by atoms with van der Waals surface area (Å²) in [4.78, 5) is 4.96. The summed E-state index contributed by atoms with van der Waals surface area (Å²) < 4.78 is 11.1. The first-order chi connectivity index (χ1) is 12.2. The van der Waals surface area contributed by atoms with E-state index in [0.717, 1.165) is 50.8 Å². The highest BCUT2D eigenvalue weighted by Crippen LogP contribution is 2.20. The normalized spacial score (nSPS) is 15.7. The number of hydrogen-bond acceptors (Lipinski definition) is 4. The van der Waals surface area contributed by atoms with E-state index in [-0.39, 0.29) is 0 Å². The molecular formula is C21H28N2O2. The van der Waals surface area contributed by atoms with Crippen molar-refractivity contribution in [3.63, 3.8) is 0 Å². The molecule has 0 N–H and O–H groups in total. The molecule has 0 aliphatic carbocycles. The van der Waals surface area contributed by atoms with Crippen molar-refractivity contribution in [1.82, 2.24) is 4.90 Å². The summed E-state index contributed by atoms with van der Waals surface area (Å²) in [6.45, 7) is 8.16. The smallest absolute Gasteiger partial charge is 0.119 e. The van der Waals surface area contributed by atoms with Gasteiger partial charge in [-0.15, -0.1) is 0 Å². The third kappa shape index (κ3) is 5.13. The molecule has 0 radical (unpaired) electrons. The summed E-state index contributed by atoms with van der Waals surface area (Å²) in [5, 5.41) is 0. The topological polar surface area (TPSA) is 24.9 Å². The van der Waals surface area contributed by atoms with Crippen molar-refractivity contribution in [3.8, 4) is 11.5 Å². The largest absolute Gasteiger partial charge is 0.497 e. The second-order valence-electron chi connectivity index (χ2n) is 6.55. The van der Waals surface area contributed by atoms with E-state index in [4.69, 9.17) is 9.47 Å². The third-order valence-electron chi connectivity index (χ3n) is 4.69. The fourth-order valence-corrected chi connectivity index (χ4v) is 3.24. The van der Waals surface area contributed by atoms with Crippen molar-refractivity contribution >= 4 is 5.69 Å². The van der Waals surface area contributed by atoms with Crippen LogP contribution in [-0.4, -0.2) is 51.3 Å². The van der Waals surface area contributed by atoms with Gasteiger partial charge in [0.15, 0.2) is 0 Å². The number of ether oxygens (including phenoxy) is 2. The van der Waals surface area contributed by atoms with E-state index in [1.54, 1.807) is 7.11 Å².